The van der Waals surface area contributed by atoms with Crippen molar-refractivity contribution in [1.82, 2.24) is 4.90 Å². The molecule has 1 aliphatic heterocycles. The molecule has 2 atom stereocenters. The van der Waals surface area contributed by atoms with Crippen LogP contribution in [0.5, 0.6) is 11.5 Å². The summed E-state index contributed by atoms with van der Waals surface area (Å²) in [4.78, 5) is 39.7. The average molecular weight is 466 g/mol. The Labute approximate surface area is 196 Å². The molecule has 0 bridgehead atoms. The third kappa shape index (κ3) is 4.76. The van der Waals surface area contributed by atoms with Crippen molar-refractivity contribution in [2.24, 2.45) is 5.92 Å². The molecular weight excluding hydrogens is 438 g/mol. The first-order valence-corrected chi connectivity index (χ1v) is 11.3. The third-order valence-corrected chi connectivity index (χ3v) is 6.13. The van der Waals surface area contributed by atoms with Crippen molar-refractivity contribution < 1.29 is 28.6 Å². The van der Waals surface area contributed by atoms with E-state index in [-0.39, 0.29) is 30.3 Å². The number of amides is 1. The maximum absolute atomic E-state index is 13.2. The second-order valence-corrected chi connectivity index (χ2v) is 8.35. The van der Waals surface area contributed by atoms with Gasteiger partial charge in [-0.3, -0.25) is 9.59 Å². The zero-order valence-electron chi connectivity index (χ0n) is 19.2. The highest BCUT2D eigenvalue weighted by Crippen LogP contribution is 2.40. The number of unbranched alkanes of at least 4 members (excludes halogenated alkanes) is 1. The van der Waals surface area contributed by atoms with E-state index in [0.29, 0.717) is 23.2 Å². The largest absolute Gasteiger partial charge is 0.508 e. The average Bonchev–Trinajstić information content (AvgIpc) is 3.16. The number of phenols is 1. The van der Waals surface area contributed by atoms with Gasteiger partial charge in [-0.2, -0.15) is 0 Å². The molecule has 0 unspecified atom stereocenters. The van der Waals surface area contributed by atoms with E-state index >= 15 is 0 Å². The summed E-state index contributed by atoms with van der Waals surface area (Å²) in [6.45, 7) is 2.46. The first-order valence-electron chi connectivity index (χ1n) is 11.3. The lowest BCUT2D eigenvalue weighted by atomic mass is 9.93. The minimum Gasteiger partial charge on any atom is -0.508 e. The topological polar surface area (TPSA) is 106 Å². The Morgan fingerprint density at radius 1 is 1.15 bits per heavy atom. The van der Waals surface area contributed by atoms with Crippen LogP contribution in [0.2, 0.25) is 0 Å². The van der Waals surface area contributed by atoms with E-state index in [0.717, 1.165) is 18.4 Å². The number of hydrogen-bond donors (Lipinski definition) is 1. The fraction of sp³-hybridized carbons (Fsp3) is 0.346. The smallest absolute Gasteiger partial charge is 0.336 e. The molecule has 0 saturated carbocycles. The van der Waals surface area contributed by atoms with Crippen molar-refractivity contribution in [3.63, 3.8) is 0 Å². The number of carbonyl (C=O) groups excluding carboxylic acids is 2. The molecule has 1 aliphatic rings. The Hall–Kier alpha value is -3.81. The van der Waals surface area contributed by atoms with Crippen LogP contribution >= 0.6 is 0 Å². The third-order valence-electron chi connectivity index (χ3n) is 6.13. The highest BCUT2D eigenvalue weighted by Gasteiger charge is 2.45. The van der Waals surface area contributed by atoms with Crippen molar-refractivity contribution in [2.75, 3.05) is 13.7 Å². The maximum atomic E-state index is 13.2. The number of phenolic OH excluding ortho intramolecular Hbond substituents is 1. The predicted molar refractivity (Wildman–Crippen MR) is 124 cm³/mol. The zero-order chi connectivity index (χ0) is 24.2. The molecule has 3 aromatic rings. The van der Waals surface area contributed by atoms with Crippen LogP contribution in [0.3, 0.4) is 0 Å². The number of rotatable bonds is 8. The van der Waals surface area contributed by atoms with Crippen LogP contribution in [0, 0.1) is 5.92 Å². The van der Waals surface area contributed by atoms with Gasteiger partial charge in [-0.25, -0.2) is 4.79 Å². The van der Waals surface area contributed by atoms with E-state index in [1.807, 2.05) is 24.3 Å². The standard InChI is InChI=1S/C26H27NO7/c1-3-4-11-27-23(29)14-21(25(27)16-5-8-19(32-2)9-6-16)26(31)33-15-17-12-24(30)34-22-13-18(28)7-10-20(17)22/h5-10,12-13,21,25,28H,3-4,11,14-15H2,1-2H3/t21-,25+/m0/s1. The molecule has 0 radical (unpaired) electrons. The number of methoxy groups -OCH3 is 1. The highest BCUT2D eigenvalue weighted by molar-refractivity contribution is 5.88. The van der Waals surface area contributed by atoms with Crippen LogP contribution < -0.4 is 10.4 Å². The molecule has 1 amide bonds. The summed E-state index contributed by atoms with van der Waals surface area (Å²) < 4.78 is 16.0. The molecule has 2 heterocycles. The van der Waals surface area contributed by atoms with Crippen molar-refractivity contribution in [3.05, 3.63) is 70.1 Å². The van der Waals surface area contributed by atoms with E-state index < -0.39 is 23.6 Å². The van der Waals surface area contributed by atoms with Crippen LogP contribution in [0.1, 0.15) is 43.4 Å². The highest BCUT2D eigenvalue weighted by atomic mass is 16.5. The number of nitrogens with zero attached hydrogens (tertiary/aromatic N) is 1. The Morgan fingerprint density at radius 2 is 1.91 bits per heavy atom. The van der Waals surface area contributed by atoms with Gasteiger partial charge in [-0.15, -0.1) is 0 Å². The lowest BCUT2D eigenvalue weighted by Crippen LogP contribution is -2.32. The number of fused-ring (bicyclic) bond motifs is 1. The van der Waals surface area contributed by atoms with Crippen LogP contribution in [0.4, 0.5) is 0 Å². The fourth-order valence-corrected chi connectivity index (χ4v) is 4.40. The first kappa shape index (κ1) is 23.4. The van der Waals surface area contributed by atoms with Gasteiger partial charge in [0.2, 0.25) is 5.91 Å². The van der Waals surface area contributed by atoms with Gasteiger partial charge in [-0.1, -0.05) is 25.5 Å². The summed E-state index contributed by atoms with van der Waals surface area (Å²) in [6.07, 6.45) is 1.82. The lowest BCUT2D eigenvalue weighted by molar-refractivity contribution is -0.150. The maximum Gasteiger partial charge on any atom is 0.336 e. The van der Waals surface area contributed by atoms with Crippen LogP contribution in [0.15, 0.2) is 57.7 Å². The van der Waals surface area contributed by atoms with Gasteiger partial charge in [0, 0.05) is 36.0 Å². The van der Waals surface area contributed by atoms with E-state index in [4.69, 9.17) is 13.9 Å². The van der Waals surface area contributed by atoms with Crippen LogP contribution in [-0.4, -0.2) is 35.5 Å². The Bertz CT molecular complexity index is 1250. The second kappa shape index (κ2) is 9.99. The summed E-state index contributed by atoms with van der Waals surface area (Å²) in [5, 5.41) is 10.2. The molecular formula is C26H27NO7. The van der Waals surface area contributed by atoms with Crippen molar-refractivity contribution in [1.29, 1.82) is 0 Å². The number of benzene rings is 2. The summed E-state index contributed by atoms with van der Waals surface area (Å²) in [5.41, 5.74) is 0.900. The van der Waals surface area contributed by atoms with Gasteiger partial charge < -0.3 is 23.9 Å². The van der Waals surface area contributed by atoms with Gasteiger partial charge in [0.05, 0.1) is 19.1 Å². The van der Waals surface area contributed by atoms with Gasteiger partial charge in [0.25, 0.3) is 0 Å². The first-order chi connectivity index (χ1) is 16.4. The van der Waals surface area contributed by atoms with Gasteiger partial charge in [0.1, 0.15) is 23.7 Å². The molecule has 0 spiro atoms. The van der Waals surface area contributed by atoms with Crippen molar-refractivity contribution in [2.45, 2.75) is 38.8 Å². The SMILES string of the molecule is CCCCN1C(=O)C[C@H](C(=O)OCc2cc(=O)oc3cc(O)ccc23)[C@H]1c1ccc(OC)cc1. The van der Waals surface area contributed by atoms with Gasteiger partial charge in [0.15, 0.2) is 0 Å². The van der Waals surface area contributed by atoms with E-state index in [2.05, 4.69) is 6.92 Å². The number of likely N-dealkylation sites (tertiary alicyclic amines) is 1. The number of esters is 1. The predicted octanol–water partition coefficient (Wildman–Crippen LogP) is 3.94. The minimum atomic E-state index is -0.673. The number of carbonyl (C=O) groups is 2. The fourth-order valence-electron chi connectivity index (χ4n) is 4.40. The van der Waals surface area contributed by atoms with Gasteiger partial charge >= 0.3 is 11.6 Å². The van der Waals surface area contributed by atoms with Crippen LogP contribution in [0.25, 0.3) is 11.0 Å². The van der Waals surface area contributed by atoms with Gasteiger partial charge in [-0.05, 0) is 36.2 Å². The summed E-state index contributed by atoms with van der Waals surface area (Å²) in [6, 6.07) is 12.6. The normalized spacial score (nSPS) is 17.8. The molecule has 1 N–H and O–H groups in total. The monoisotopic (exact) mass is 465 g/mol. The number of hydrogen-bond acceptors (Lipinski definition) is 7. The molecule has 1 saturated heterocycles. The van der Waals surface area contributed by atoms with E-state index in [1.54, 1.807) is 18.1 Å². The zero-order valence-corrected chi connectivity index (χ0v) is 19.2. The van der Waals surface area contributed by atoms with Crippen LogP contribution in [-0.2, 0) is 20.9 Å². The molecule has 1 fully saturated rings. The molecule has 178 valence electrons. The molecule has 34 heavy (non-hydrogen) atoms. The minimum absolute atomic E-state index is 0.0382. The van der Waals surface area contributed by atoms with E-state index in [9.17, 15) is 19.5 Å². The molecule has 0 aliphatic carbocycles. The van der Waals surface area contributed by atoms with Crippen molar-refractivity contribution in [3.8, 4) is 11.5 Å². The molecule has 1 aromatic heterocycles. The molecule has 8 heteroatoms. The number of ether oxygens (including phenoxy) is 2. The Morgan fingerprint density at radius 3 is 2.62 bits per heavy atom. The second-order valence-electron chi connectivity index (χ2n) is 8.35. The summed E-state index contributed by atoms with van der Waals surface area (Å²) in [7, 11) is 1.58. The lowest BCUT2D eigenvalue weighted by Gasteiger charge is -2.28. The number of aromatic hydroxyl groups is 1. The Balaban J connectivity index is 1.59. The quantitative estimate of drug-likeness (QED) is 0.397. The van der Waals surface area contributed by atoms with Crippen molar-refractivity contribution >= 4 is 22.8 Å². The molecule has 4 rings (SSSR count). The Kier molecular flexibility index (Phi) is 6.86. The summed E-state index contributed by atoms with van der Waals surface area (Å²) in [5.74, 6) is -0.615. The summed E-state index contributed by atoms with van der Waals surface area (Å²) >= 11 is 0. The van der Waals surface area contributed by atoms with E-state index in [1.165, 1.54) is 18.2 Å². The molecule has 8 nitrogen and oxygen atoms in total. The molecule has 2 aromatic carbocycles.